The summed E-state index contributed by atoms with van der Waals surface area (Å²) in [5.74, 6) is 0.790. The van der Waals surface area contributed by atoms with Crippen molar-refractivity contribution in [1.82, 2.24) is 15.2 Å². The van der Waals surface area contributed by atoms with Crippen LogP contribution in [0.15, 0.2) is 18.3 Å². The van der Waals surface area contributed by atoms with Crippen molar-refractivity contribution >= 4 is 29.4 Å². The second-order valence-corrected chi connectivity index (χ2v) is 8.59. The van der Waals surface area contributed by atoms with Crippen LogP contribution in [0.3, 0.4) is 0 Å². The van der Waals surface area contributed by atoms with Gasteiger partial charge in [-0.3, -0.25) is 14.5 Å². The molecule has 3 aliphatic rings. The lowest BCUT2D eigenvalue weighted by Crippen LogP contribution is -2.49. The Bertz CT molecular complexity index is 780. The van der Waals surface area contributed by atoms with E-state index in [1.807, 2.05) is 12.1 Å². The fraction of sp³-hybridized carbons (Fsp3) is 0.619. The van der Waals surface area contributed by atoms with Gasteiger partial charge in [-0.15, -0.1) is 0 Å². The molecule has 3 heterocycles. The molecule has 156 valence electrons. The largest absolute Gasteiger partial charge is 0.357 e. The van der Waals surface area contributed by atoms with Crippen LogP contribution >= 0.6 is 0 Å². The molecule has 29 heavy (non-hydrogen) atoms. The highest BCUT2D eigenvalue weighted by atomic mass is 16.2. The van der Waals surface area contributed by atoms with Gasteiger partial charge in [-0.05, 0) is 63.0 Å². The molecule has 0 bridgehead atoms. The Balaban J connectivity index is 1.34. The van der Waals surface area contributed by atoms with Crippen LogP contribution in [0.2, 0.25) is 0 Å². The molecule has 1 saturated carbocycles. The van der Waals surface area contributed by atoms with E-state index >= 15 is 0 Å². The van der Waals surface area contributed by atoms with E-state index in [4.69, 9.17) is 0 Å². The number of pyridine rings is 1. The third kappa shape index (κ3) is 4.06. The highest BCUT2D eigenvalue weighted by Gasteiger charge is 2.52. The van der Waals surface area contributed by atoms with E-state index in [0.29, 0.717) is 24.4 Å². The van der Waals surface area contributed by atoms with Gasteiger partial charge in [-0.25, -0.2) is 9.78 Å². The predicted octanol–water partition coefficient (Wildman–Crippen LogP) is 2.51. The third-order valence-electron chi connectivity index (χ3n) is 6.39. The fourth-order valence-electron chi connectivity index (χ4n) is 4.53. The number of anilines is 2. The Hall–Kier alpha value is -2.64. The number of aromatic nitrogens is 1. The molecule has 8 heteroatoms. The molecule has 2 N–H and O–H groups in total. The predicted molar refractivity (Wildman–Crippen MR) is 110 cm³/mol. The third-order valence-corrected chi connectivity index (χ3v) is 6.39. The Morgan fingerprint density at radius 2 is 1.93 bits per heavy atom. The highest BCUT2D eigenvalue weighted by Crippen LogP contribution is 2.36. The van der Waals surface area contributed by atoms with E-state index in [-0.39, 0.29) is 12.5 Å². The summed E-state index contributed by atoms with van der Waals surface area (Å²) in [6, 6.07) is 3.23. The van der Waals surface area contributed by atoms with Crippen LogP contribution in [-0.2, 0) is 9.59 Å². The lowest BCUT2D eigenvalue weighted by Gasteiger charge is -2.33. The van der Waals surface area contributed by atoms with Crippen LogP contribution in [0, 0.1) is 5.92 Å². The Labute approximate surface area is 171 Å². The first-order valence-electron chi connectivity index (χ1n) is 10.6. The molecule has 0 atom stereocenters. The van der Waals surface area contributed by atoms with Crippen molar-refractivity contribution in [2.24, 2.45) is 5.92 Å². The number of hydrogen-bond acceptors (Lipinski definition) is 5. The first-order chi connectivity index (χ1) is 14.0. The number of urea groups is 1. The van der Waals surface area contributed by atoms with E-state index in [0.717, 1.165) is 36.6 Å². The van der Waals surface area contributed by atoms with Gasteiger partial charge in [0.05, 0.1) is 11.9 Å². The molecule has 8 nitrogen and oxygen atoms in total. The molecule has 1 spiro atoms. The number of hydrogen-bond donors (Lipinski definition) is 2. The molecule has 3 fully saturated rings. The molecule has 2 aliphatic heterocycles. The zero-order chi connectivity index (χ0) is 20.4. The van der Waals surface area contributed by atoms with Gasteiger partial charge in [0.15, 0.2) is 0 Å². The summed E-state index contributed by atoms with van der Waals surface area (Å²) < 4.78 is 0. The number of piperidine rings is 1. The summed E-state index contributed by atoms with van der Waals surface area (Å²) in [5.41, 5.74) is -0.259. The molecule has 4 rings (SSSR count). The molecule has 1 aromatic rings. The van der Waals surface area contributed by atoms with E-state index in [2.05, 4.69) is 27.4 Å². The minimum absolute atomic E-state index is 0.275. The highest BCUT2D eigenvalue weighted by molar-refractivity contribution is 6.10. The summed E-state index contributed by atoms with van der Waals surface area (Å²) in [4.78, 5) is 45.4. The average molecular weight is 399 g/mol. The zero-order valence-electron chi connectivity index (χ0n) is 16.9. The number of amides is 4. The minimum Gasteiger partial charge on any atom is -0.357 e. The van der Waals surface area contributed by atoms with Crippen molar-refractivity contribution in [3.63, 3.8) is 0 Å². The molecule has 0 aromatic carbocycles. The molecule has 1 aliphatic carbocycles. The van der Waals surface area contributed by atoms with Gasteiger partial charge in [0.25, 0.3) is 5.91 Å². The Kier molecular flexibility index (Phi) is 5.43. The lowest BCUT2D eigenvalue weighted by molar-refractivity contribution is -0.135. The SMILES string of the molecule is CC1CCC2(CC1)NC(=O)N(CC(=O)Nc1ccc(N3CCCCC3)nc1)C2=O. The second-order valence-electron chi connectivity index (χ2n) is 8.59. The summed E-state index contributed by atoms with van der Waals surface area (Å²) in [6.45, 7) is 3.89. The minimum atomic E-state index is -0.818. The summed E-state index contributed by atoms with van der Waals surface area (Å²) in [7, 11) is 0. The van der Waals surface area contributed by atoms with Crippen LogP contribution in [0.4, 0.5) is 16.3 Å². The molecule has 4 amide bonds. The number of nitrogens with zero attached hydrogens (tertiary/aromatic N) is 3. The molecule has 0 unspecified atom stereocenters. The molecular weight excluding hydrogens is 370 g/mol. The summed E-state index contributed by atoms with van der Waals surface area (Å²) in [5, 5.41) is 5.59. The second kappa shape index (κ2) is 8.00. The van der Waals surface area contributed by atoms with Crippen molar-refractivity contribution in [3.8, 4) is 0 Å². The Morgan fingerprint density at radius 1 is 1.21 bits per heavy atom. The van der Waals surface area contributed by atoms with Crippen molar-refractivity contribution in [3.05, 3.63) is 18.3 Å². The van der Waals surface area contributed by atoms with E-state index < -0.39 is 17.5 Å². The first kappa shape index (κ1) is 19.7. The maximum atomic E-state index is 12.9. The number of imide groups is 1. The fourth-order valence-corrected chi connectivity index (χ4v) is 4.53. The zero-order valence-corrected chi connectivity index (χ0v) is 16.9. The lowest BCUT2D eigenvalue weighted by atomic mass is 9.77. The average Bonchev–Trinajstić information content (AvgIpc) is 2.96. The van der Waals surface area contributed by atoms with Crippen molar-refractivity contribution in [2.45, 2.75) is 57.4 Å². The topological polar surface area (TPSA) is 94.6 Å². The monoisotopic (exact) mass is 399 g/mol. The molecule has 1 aromatic heterocycles. The van der Waals surface area contributed by atoms with Gasteiger partial charge >= 0.3 is 6.03 Å². The van der Waals surface area contributed by atoms with Gasteiger partial charge in [-0.2, -0.15) is 0 Å². The van der Waals surface area contributed by atoms with Crippen LogP contribution < -0.4 is 15.5 Å². The number of nitrogens with one attached hydrogen (secondary N) is 2. The van der Waals surface area contributed by atoms with Gasteiger partial charge in [0.1, 0.15) is 17.9 Å². The van der Waals surface area contributed by atoms with Crippen molar-refractivity contribution in [1.29, 1.82) is 0 Å². The summed E-state index contributed by atoms with van der Waals surface area (Å²) in [6.07, 6.45) is 8.31. The quantitative estimate of drug-likeness (QED) is 0.759. The van der Waals surface area contributed by atoms with Gasteiger partial charge in [0, 0.05) is 13.1 Å². The van der Waals surface area contributed by atoms with Crippen LogP contribution in [-0.4, -0.2) is 52.9 Å². The van der Waals surface area contributed by atoms with E-state index in [1.54, 1.807) is 6.20 Å². The number of rotatable bonds is 4. The van der Waals surface area contributed by atoms with Crippen molar-refractivity contribution in [2.75, 3.05) is 29.9 Å². The maximum Gasteiger partial charge on any atom is 0.325 e. The number of carbonyl (C=O) groups excluding carboxylic acids is 3. The van der Waals surface area contributed by atoms with E-state index in [9.17, 15) is 14.4 Å². The standard InChI is InChI=1S/C21H29N5O3/c1-15-7-9-21(10-8-15)19(28)26(20(29)24-21)14-18(27)23-16-5-6-17(22-13-16)25-11-3-2-4-12-25/h5-6,13,15H,2-4,7-12,14H2,1H3,(H,23,27)(H,24,29). The van der Waals surface area contributed by atoms with Gasteiger partial charge in [-0.1, -0.05) is 6.92 Å². The van der Waals surface area contributed by atoms with Crippen LogP contribution in [0.1, 0.15) is 51.9 Å². The molecule has 2 saturated heterocycles. The van der Waals surface area contributed by atoms with Crippen LogP contribution in [0.25, 0.3) is 0 Å². The number of carbonyl (C=O) groups is 3. The van der Waals surface area contributed by atoms with Gasteiger partial charge in [0.2, 0.25) is 5.91 Å². The smallest absolute Gasteiger partial charge is 0.325 e. The summed E-state index contributed by atoms with van der Waals surface area (Å²) >= 11 is 0. The molecular formula is C21H29N5O3. The van der Waals surface area contributed by atoms with Gasteiger partial charge < -0.3 is 15.5 Å². The first-order valence-corrected chi connectivity index (χ1v) is 10.6. The normalized spacial score (nSPS) is 27.3. The maximum absolute atomic E-state index is 12.9. The van der Waals surface area contributed by atoms with E-state index in [1.165, 1.54) is 19.3 Å². The van der Waals surface area contributed by atoms with Crippen molar-refractivity contribution < 1.29 is 14.4 Å². The Morgan fingerprint density at radius 3 is 2.59 bits per heavy atom. The van der Waals surface area contributed by atoms with Crippen LogP contribution in [0.5, 0.6) is 0 Å². The molecule has 0 radical (unpaired) electrons.